The predicted octanol–water partition coefficient (Wildman–Crippen LogP) is 3.27. The van der Waals surface area contributed by atoms with Crippen LogP contribution in [0.4, 0.5) is 0 Å². The van der Waals surface area contributed by atoms with Crippen molar-refractivity contribution in [2.75, 3.05) is 6.54 Å². The third kappa shape index (κ3) is 5.74. The van der Waals surface area contributed by atoms with Crippen molar-refractivity contribution in [3.8, 4) is 0 Å². The number of carbonyl (C=O) groups is 1. The maximum Gasteiger partial charge on any atom is 0.221 e. The van der Waals surface area contributed by atoms with Crippen LogP contribution in [0, 0.1) is 0 Å². The highest BCUT2D eigenvalue weighted by Crippen LogP contribution is 2.23. The summed E-state index contributed by atoms with van der Waals surface area (Å²) >= 11 is 1.85. The van der Waals surface area contributed by atoms with Gasteiger partial charge < -0.3 is 10.6 Å². The molecule has 0 bridgehead atoms. The number of nitrogens with one attached hydrogen (secondary N) is 2. The van der Waals surface area contributed by atoms with Gasteiger partial charge in [0.2, 0.25) is 5.91 Å². The molecule has 108 valence electrons. The van der Waals surface area contributed by atoms with Gasteiger partial charge in [-0.3, -0.25) is 4.79 Å². The number of thiophene rings is 1. The lowest BCUT2D eigenvalue weighted by Crippen LogP contribution is -2.34. The van der Waals surface area contributed by atoms with E-state index in [1.165, 1.54) is 9.75 Å². The Bertz CT molecular complexity index is 389. The lowest BCUT2D eigenvalue weighted by atomic mass is 10.2. The number of hydrogen-bond donors (Lipinski definition) is 2. The van der Waals surface area contributed by atoms with Gasteiger partial charge in [-0.1, -0.05) is 13.8 Å². The lowest BCUT2D eigenvalue weighted by Gasteiger charge is -2.14. The minimum Gasteiger partial charge on any atom is -0.354 e. The second kappa shape index (κ2) is 8.33. The molecule has 19 heavy (non-hydrogen) atoms. The highest BCUT2D eigenvalue weighted by atomic mass is 32.1. The van der Waals surface area contributed by atoms with E-state index >= 15 is 0 Å². The number of aryl methyl sites for hydroxylation is 1. The molecule has 0 aromatic carbocycles. The fourth-order valence-electron chi connectivity index (χ4n) is 1.77. The van der Waals surface area contributed by atoms with E-state index in [1.54, 1.807) is 0 Å². The first kappa shape index (κ1) is 16.2. The van der Waals surface area contributed by atoms with E-state index in [0.717, 1.165) is 19.4 Å². The molecule has 0 saturated carbocycles. The molecule has 3 nitrogen and oxygen atoms in total. The van der Waals surface area contributed by atoms with Crippen molar-refractivity contribution >= 4 is 17.2 Å². The van der Waals surface area contributed by atoms with Crippen molar-refractivity contribution in [1.82, 2.24) is 10.6 Å². The summed E-state index contributed by atoms with van der Waals surface area (Å²) in [5.74, 6) is 0.134. The van der Waals surface area contributed by atoms with Crippen LogP contribution in [-0.4, -0.2) is 18.5 Å². The average molecular weight is 282 g/mol. The normalized spacial score (nSPS) is 14.1. The molecule has 0 saturated heterocycles. The van der Waals surface area contributed by atoms with Crippen LogP contribution in [0.2, 0.25) is 0 Å². The molecule has 0 aliphatic heterocycles. The van der Waals surface area contributed by atoms with Crippen LogP contribution in [0.15, 0.2) is 12.1 Å². The van der Waals surface area contributed by atoms with Gasteiger partial charge in [-0.15, -0.1) is 11.3 Å². The maximum atomic E-state index is 11.6. The molecular formula is C15H26N2OS. The SMILES string of the molecule is CCc1ccc(C(C)NCCC(=O)NC(C)CC)s1. The predicted molar refractivity (Wildman–Crippen MR) is 82.6 cm³/mol. The van der Waals surface area contributed by atoms with Gasteiger partial charge in [0.15, 0.2) is 0 Å². The van der Waals surface area contributed by atoms with Crippen molar-refractivity contribution in [3.63, 3.8) is 0 Å². The number of hydrogen-bond acceptors (Lipinski definition) is 3. The van der Waals surface area contributed by atoms with Crippen molar-refractivity contribution in [1.29, 1.82) is 0 Å². The van der Waals surface area contributed by atoms with Crippen LogP contribution in [0.1, 0.15) is 56.3 Å². The summed E-state index contributed by atoms with van der Waals surface area (Å²) in [5, 5.41) is 6.39. The van der Waals surface area contributed by atoms with Gasteiger partial charge in [-0.25, -0.2) is 0 Å². The van der Waals surface area contributed by atoms with Crippen molar-refractivity contribution in [3.05, 3.63) is 21.9 Å². The topological polar surface area (TPSA) is 41.1 Å². The molecule has 0 aliphatic carbocycles. The summed E-state index contributed by atoms with van der Waals surface area (Å²) in [6.45, 7) is 9.16. The Hall–Kier alpha value is -0.870. The van der Waals surface area contributed by atoms with Crippen LogP contribution in [0.25, 0.3) is 0 Å². The summed E-state index contributed by atoms with van der Waals surface area (Å²) in [4.78, 5) is 14.4. The molecule has 1 rings (SSSR count). The molecule has 0 fully saturated rings. The summed E-state index contributed by atoms with van der Waals surface area (Å²) in [7, 11) is 0. The number of carbonyl (C=O) groups excluding carboxylic acids is 1. The van der Waals surface area contributed by atoms with Crippen molar-refractivity contribution < 1.29 is 4.79 Å². The third-order valence-corrected chi connectivity index (χ3v) is 4.69. The van der Waals surface area contributed by atoms with E-state index in [4.69, 9.17) is 0 Å². The first-order chi connectivity index (χ1) is 9.06. The molecule has 1 aromatic heterocycles. The van der Waals surface area contributed by atoms with Crippen LogP contribution in [0.5, 0.6) is 0 Å². The molecule has 1 amide bonds. The third-order valence-electron chi connectivity index (χ3n) is 3.28. The van der Waals surface area contributed by atoms with Gasteiger partial charge in [0.05, 0.1) is 0 Å². The Morgan fingerprint density at radius 2 is 2.05 bits per heavy atom. The second-order valence-electron chi connectivity index (χ2n) is 4.96. The Morgan fingerprint density at radius 1 is 1.32 bits per heavy atom. The van der Waals surface area contributed by atoms with Gasteiger partial charge in [0, 0.05) is 34.8 Å². The average Bonchev–Trinajstić information content (AvgIpc) is 2.87. The van der Waals surface area contributed by atoms with Crippen LogP contribution >= 0.6 is 11.3 Å². The van der Waals surface area contributed by atoms with Gasteiger partial charge in [0.25, 0.3) is 0 Å². The van der Waals surface area contributed by atoms with E-state index in [0.29, 0.717) is 12.5 Å². The largest absolute Gasteiger partial charge is 0.354 e. The molecule has 0 spiro atoms. The minimum absolute atomic E-state index is 0.134. The number of rotatable bonds is 8. The fourth-order valence-corrected chi connectivity index (χ4v) is 2.75. The first-order valence-electron chi connectivity index (χ1n) is 7.18. The van der Waals surface area contributed by atoms with E-state index in [2.05, 4.69) is 43.5 Å². The van der Waals surface area contributed by atoms with Gasteiger partial charge in [-0.05, 0) is 38.8 Å². The molecule has 2 atom stereocenters. The van der Waals surface area contributed by atoms with E-state index in [9.17, 15) is 4.79 Å². The van der Waals surface area contributed by atoms with E-state index in [1.807, 2.05) is 18.3 Å². The zero-order valence-electron chi connectivity index (χ0n) is 12.5. The maximum absolute atomic E-state index is 11.6. The Balaban J connectivity index is 2.26. The zero-order chi connectivity index (χ0) is 14.3. The molecule has 1 aromatic rings. The van der Waals surface area contributed by atoms with Gasteiger partial charge in [-0.2, -0.15) is 0 Å². The van der Waals surface area contributed by atoms with Crippen LogP contribution in [-0.2, 0) is 11.2 Å². The summed E-state index contributed by atoms with van der Waals surface area (Å²) < 4.78 is 0. The molecular weight excluding hydrogens is 256 g/mol. The van der Waals surface area contributed by atoms with Crippen LogP contribution in [0.3, 0.4) is 0 Å². The minimum atomic E-state index is 0.134. The molecule has 4 heteroatoms. The summed E-state index contributed by atoms with van der Waals surface area (Å²) in [6.07, 6.45) is 2.61. The second-order valence-corrected chi connectivity index (χ2v) is 6.16. The van der Waals surface area contributed by atoms with E-state index < -0.39 is 0 Å². The summed E-state index contributed by atoms with van der Waals surface area (Å²) in [6, 6.07) is 4.96. The molecule has 0 radical (unpaired) electrons. The standard InChI is InChI=1S/C15H26N2OS/c1-5-11(3)17-15(18)9-10-16-12(4)14-8-7-13(6-2)19-14/h7-8,11-12,16H,5-6,9-10H2,1-4H3,(H,17,18). The fraction of sp³-hybridized carbons (Fsp3) is 0.667. The van der Waals surface area contributed by atoms with Crippen molar-refractivity contribution in [2.24, 2.45) is 0 Å². The van der Waals surface area contributed by atoms with Gasteiger partial charge >= 0.3 is 0 Å². The molecule has 2 unspecified atom stereocenters. The monoisotopic (exact) mass is 282 g/mol. The Morgan fingerprint density at radius 3 is 2.63 bits per heavy atom. The molecule has 2 N–H and O–H groups in total. The Kier molecular flexibility index (Phi) is 7.10. The van der Waals surface area contributed by atoms with Crippen LogP contribution < -0.4 is 10.6 Å². The first-order valence-corrected chi connectivity index (χ1v) is 7.99. The zero-order valence-corrected chi connectivity index (χ0v) is 13.3. The molecule has 0 aliphatic rings. The molecule has 1 heterocycles. The van der Waals surface area contributed by atoms with Gasteiger partial charge in [0.1, 0.15) is 0 Å². The number of amides is 1. The lowest BCUT2D eigenvalue weighted by molar-refractivity contribution is -0.121. The quantitative estimate of drug-likeness (QED) is 0.768. The van der Waals surface area contributed by atoms with E-state index in [-0.39, 0.29) is 11.9 Å². The Labute approximate surface area is 120 Å². The highest BCUT2D eigenvalue weighted by Gasteiger charge is 2.09. The highest BCUT2D eigenvalue weighted by molar-refractivity contribution is 7.12. The summed E-state index contributed by atoms with van der Waals surface area (Å²) in [5.41, 5.74) is 0. The smallest absolute Gasteiger partial charge is 0.221 e. The van der Waals surface area contributed by atoms with Crippen molar-refractivity contribution in [2.45, 2.75) is 59.0 Å².